The van der Waals surface area contributed by atoms with Gasteiger partial charge in [0, 0.05) is 44.4 Å². The highest BCUT2D eigenvalue weighted by atomic mass is 32.1. The van der Waals surface area contributed by atoms with E-state index in [1.807, 2.05) is 6.07 Å². The Morgan fingerprint density at radius 3 is 2.66 bits per heavy atom. The van der Waals surface area contributed by atoms with Crippen LogP contribution in [0, 0.1) is 15.9 Å². The number of aromatic nitrogens is 1. The topological polar surface area (TPSA) is 79.6 Å². The Bertz CT molecular complexity index is 1110. The zero-order chi connectivity index (χ0) is 20.4. The van der Waals surface area contributed by atoms with Gasteiger partial charge in [-0.05, 0) is 23.8 Å². The standard InChI is InChI=1S/C20H17FN4O3S/c21-16-5-2-6-17-19(16)22-20(29-17)24-11-9-23(10-12-24)18(26)8-7-14-3-1-4-15(13-14)25(27)28/h1-8,13H,9-12H2. The number of carbonyl (C=O) groups excluding carboxylic acids is 1. The number of nitrogens with zero attached hydrogens (tertiary/aromatic N) is 4. The summed E-state index contributed by atoms with van der Waals surface area (Å²) in [6, 6.07) is 11.0. The molecular weight excluding hydrogens is 395 g/mol. The maximum atomic E-state index is 13.9. The number of rotatable bonds is 4. The zero-order valence-corrected chi connectivity index (χ0v) is 16.1. The molecule has 1 amide bonds. The third kappa shape index (κ3) is 4.09. The van der Waals surface area contributed by atoms with Crippen LogP contribution in [0.4, 0.5) is 15.2 Å². The second-order valence-corrected chi connectivity index (χ2v) is 7.59. The molecule has 7 nitrogen and oxygen atoms in total. The van der Waals surface area contributed by atoms with Gasteiger partial charge in [-0.15, -0.1) is 0 Å². The van der Waals surface area contributed by atoms with E-state index < -0.39 is 4.92 Å². The first-order chi connectivity index (χ1) is 14.0. The molecule has 0 bridgehead atoms. The first-order valence-electron chi connectivity index (χ1n) is 9.03. The van der Waals surface area contributed by atoms with Crippen molar-refractivity contribution < 1.29 is 14.1 Å². The fourth-order valence-corrected chi connectivity index (χ4v) is 4.20. The number of nitro groups is 1. The molecule has 1 aliphatic heterocycles. The molecule has 0 unspecified atom stereocenters. The van der Waals surface area contributed by atoms with Gasteiger partial charge in [0.2, 0.25) is 5.91 Å². The van der Waals surface area contributed by atoms with E-state index in [4.69, 9.17) is 0 Å². The Balaban J connectivity index is 1.38. The van der Waals surface area contributed by atoms with Crippen molar-refractivity contribution in [1.82, 2.24) is 9.88 Å². The molecule has 0 atom stereocenters. The highest BCUT2D eigenvalue weighted by molar-refractivity contribution is 7.22. The lowest BCUT2D eigenvalue weighted by molar-refractivity contribution is -0.384. The summed E-state index contributed by atoms with van der Waals surface area (Å²) < 4.78 is 14.7. The number of hydrogen-bond acceptors (Lipinski definition) is 6. The molecule has 0 radical (unpaired) electrons. The second kappa shape index (κ2) is 7.96. The number of hydrogen-bond donors (Lipinski definition) is 0. The second-order valence-electron chi connectivity index (χ2n) is 6.58. The fourth-order valence-electron chi connectivity index (χ4n) is 3.17. The number of amides is 1. The first-order valence-corrected chi connectivity index (χ1v) is 9.84. The molecule has 1 saturated heterocycles. The lowest BCUT2D eigenvalue weighted by atomic mass is 10.2. The van der Waals surface area contributed by atoms with Crippen molar-refractivity contribution >= 4 is 44.4 Å². The molecule has 0 N–H and O–H groups in total. The van der Waals surface area contributed by atoms with E-state index in [1.165, 1.54) is 35.6 Å². The van der Waals surface area contributed by atoms with Gasteiger partial charge in [0.25, 0.3) is 5.69 Å². The number of para-hydroxylation sites is 1. The van der Waals surface area contributed by atoms with Gasteiger partial charge in [-0.3, -0.25) is 14.9 Å². The number of anilines is 1. The van der Waals surface area contributed by atoms with E-state index in [9.17, 15) is 19.3 Å². The van der Waals surface area contributed by atoms with Crippen molar-refractivity contribution in [1.29, 1.82) is 0 Å². The third-order valence-corrected chi connectivity index (χ3v) is 5.80. The van der Waals surface area contributed by atoms with Crippen molar-refractivity contribution in [3.05, 3.63) is 70.0 Å². The Labute approximate surface area is 169 Å². The summed E-state index contributed by atoms with van der Waals surface area (Å²) in [6.07, 6.45) is 3.01. The molecule has 3 aromatic rings. The SMILES string of the molecule is O=C(C=Cc1cccc([N+](=O)[O-])c1)N1CCN(c2nc3c(F)cccc3s2)CC1. The summed E-state index contributed by atoms with van der Waals surface area (Å²) in [5, 5.41) is 11.6. The van der Waals surface area contributed by atoms with Crippen molar-refractivity contribution in [2.24, 2.45) is 0 Å². The van der Waals surface area contributed by atoms with E-state index in [2.05, 4.69) is 9.88 Å². The maximum absolute atomic E-state index is 13.9. The van der Waals surface area contributed by atoms with Crippen molar-refractivity contribution in [2.75, 3.05) is 31.1 Å². The number of carbonyl (C=O) groups is 1. The molecule has 2 heterocycles. The lowest BCUT2D eigenvalue weighted by Gasteiger charge is -2.34. The van der Waals surface area contributed by atoms with Gasteiger partial charge < -0.3 is 9.80 Å². The summed E-state index contributed by atoms with van der Waals surface area (Å²) in [5.74, 6) is -0.475. The molecule has 2 aromatic carbocycles. The molecule has 1 aliphatic rings. The highest BCUT2D eigenvalue weighted by Crippen LogP contribution is 2.30. The van der Waals surface area contributed by atoms with Gasteiger partial charge in [-0.25, -0.2) is 9.37 Å². The molecule has 9 heteroatoms. The molecule has 0 aliphatic carbocycles. The summed E-state index contributed by atoms with van der Waals surface area (Å²) in [4.78, 5) is 31.0. The van der Waals surface area contributed by atoms with Crippen LogP contribution in [0.5, 0.6) is 0 Å². The van der Waals surface area contributed by atoms with Crippen molar-refractivity contribution in [3.63, 3.8) is 0 Å². The normalized spacial score (nSPS) is 14.7. The molecule has 0 saturated carbocycles. The quantitative estimate of drug-likeness (QED) is 0.371. The fraction of sp³-hybridized carbons (Fsp3) is 0.200. The van der Waals surface area contributed by atoms with Crippen LogP contribution in [0.1, 0.15) is 5.56 Å². The minimum absolute atomic E-state index is 0.0134. The molecule has 0 spiro atoms. The summed E-state index contributed by atoms with van der Waals surface area (Å²) in [7, 11) is 0. The van der Waals surface area contributed by atoms with Crippen LogP contribution >= 0.6 is 11.3 Å². The Kier molecular flexibility index (Phi) is 5.22. The number of halogens is 1. The number of non-ortho nitro benzene ring substituents is 1. The number of nitro benzene ring substituents is 1. The van der Waals surface area contributed by atoms with Crippen molar-refractivity contribution in [2.45, 2.75) is 0 Å². The number of fused-ring (bicyclic) bond motifs is 1. The Morgan fingerprint density at radius 2 is 1.93 bits per heavy atom. The maximum Gasteiger partial charge on any atom is 0.270 e. The van der Waals surface area contributed by atoms with E-state index in [1.54, 1.807) is 29.2 Å². The molecule has 29 heavy (non-hydrogen) atoms. The van der Waals surface area contributed by atoms with Gasteiger partial charge in [-0.2, -0.15) is 0 Å². The predicted molar refractivity (Wildman–Crippen MR) is 111 cm³/mol. The molecule has 1 fully saturated rings. The van der Waals surface area contributed by atoms with Crippen LogP contribution < -0.4 is 4.90 Å². The monoisotopic (exact) mass is 412 g/mol. The van der Waals surface area contributed by atoms with Gasteiger partial charge in [0.05, 0.1) is 9.62 Å². The van der Waals surface area contributed by atoms with E-state index in [0.29, 0.717) is 37.3 Å². The average molecular weight is 412 g/mol. The Hall–Kier alpha value is -3.33. The van der Waals surface area contributed by atoms with E-state index in [0.717, 1.165) is 9.83 Å². The van der Waals surface area contributed by atoms with Crippen LogP contribution in [-0.2, 0) is 4.79 Å². The van der Waals surface area contributed by atoms with Crippen LogP contribution in [0.25, 0.3) is 16.3 Å². The van der Waals surface area contributed by atoms with Gasteiger partial charge in [-0.1, -0.05) is 29.5 Å². The summed E-state index contributed by atoms with van der Waals surface area (Å²) in [6.45, 7) is 2.27. The highest BCUT2D eigenvalue weighted by Gasteiger charge is 2.22. The number of benzene rings is 2. The average Bonchev–Trinajstić information content (AvgIpc) is 3.18. The van der Waals surface area contributed by atoms with Crippen LogP contribution in [-0.4, -0.2) is 46.9 Å². The van der Waals surface area contributed by atoms with Crippen LogP contribution in [0.2, 0.25) is 0 Å². The predicted octanol–water partition coefficient (Wildman–Crippen LogP) is 3.71. The van der Waals surface area contributed by atoms with Gasteiger partial charge >= 0.3 is 0 Å². The summed E-state index contributed by atoms with van der Waals surface area (Å²) in [5.41, 5.74) is 0.967. The van der Waals surface area contributed by atoms with Crippen molar-refractivity contribution in [3.8, 4) is 0 Å². The van der Waals surface area contributed by atoms with Crippen LogP contribution in [0.15, 0.2) is 48.5 Å². The van der Waals surface area contributed by atoms with Gasteiger partial charge in [0.1, 0.15) is 11.3 Å². The molecule has 4 rings (SSSR count). The third-order valence-electron chi connectivity index (χ3n) is 4.72. The molecular formula is C20H17FN4O3S. The molecule has 1 aromatic heterocycles. The first kappa shape index (κ1) is 19.0. The largest absolute Gasteiger partial charge is 0.345 e. The van der Waals surface area contributed by atoms with E-state index in [-0.39, 0.29) is 17.4 Å². The minimum Gasteiger partial charge on any atom is -0.345 e. The van der Waals surface area contributed by atoms with Gasteiger partial charge in [0.15, 0.2) is 5.13 Å². The number of piperazine rings is 1. The van der Waals surface area contributed by atoms with Crippen LogP contribution in [0.3, 0.4) is 0 Å². The molecule has 148 valence electrons. The lowest BCUT2D eigenvalue weighted by Crippen LogP contribution is -2.48. The minimum atomic E-state index is -0.466. The number of thiazole rings is 1. The zero-order valence-electron chi connectivity index (χ0n) is 15.3. The summed E-state index contributed by atoms with van der Waals surface area (Å²) >= 11 is 1.44. The Morgan fingerprint density at radius 1 is 1.17 bits per heavy atom. The van der Waals surface area contributed by atoms with E-state index >= 15 is 0 Å². The smallest absolute Gasteiger partial charge is 0.270 e.